The summed E-state index contributed by atoms with van der Waals surface area (Å²) in [6.45, 7) is 3.16. The van der Waals surface area contributed by atoms with Crippen LogP contribution in [0.25, 0.3) is 0 Å². The smallest absolute Gasteiger partial charge is 0.344 e. The molecule has 0 fully saturated rings. The van der Waals surface area contributed by atoms with E-state index in [0.29, 0.717) is 0 Å². The lowest BCUT2D eigenvalue weighted by molar-refractivity contribution is 0.0501. The Kier molecular flexibility index (Phi) is 4.76. The van der Waals surface area contributed by atoms with Gasteiger partial charge in [-0.05, 0) is 26.0 Å². The number of benzene rings is 1. The first-order valence-corrected chi connectivity index (χ1v) is 5.34. The number of rotatable bonds is 4. The number of carbonyl (C=O) groups is 2. The fourth-order valence-corrected chi connectivity index (χ4v) is 1.30. The number of ether oxygens (including phenoxy) is 2. The van der Waals surface area contributed by atoms with Crippen molar-refractivity contribution in [3.05, 3.63) is 34.9 Å². The second kappa shape index (κ2) is 6.09. The van der Waals surface area contributed by atoms with Gasteiger partial charge >= 0.3 is 11.9 Å². The number of esters is 2. The van der Waals surface area contributed by atoms with Crippen molar-refractivity contribution in [2.24, 2.45) is 0 Å². The Morgan fingerprint density at radius 3 is 1.89 bits per heavy atom. The third kappa shape index (κ3) is 3.03. The molecule has 0 aliphatic carbocycles. The van der Waals surface area contributed by atoms with Crippen LogP contribution in [0, 0.1) is 11.6 Å². The van der Waals surface area contributed by atoms with Gasteiger partial charge in [-0.2, -0.15) is 0 Å². The van der Waals surface area contributed by atoms with Gasteiger partial charge in [0.25, 0.3) is 0 Å². The fourth-order valence-electron chi connectivity index (χ4n) is 1.30. The zero-order valence-corrected chi connectivity index (χ0v) is 9.96. The first-order chi connectivity index (χ1) is 8.51. The molecule has 0 radical (unpaired) electrons. The lowest BCUT2D eigenvalue weighted by Gasteiger charge is -2.07. The van der Waals surface area contributed by atoms with Gasteiger partial charge in [0.15, 0.2) is 0 Å². The molecule has 0 aromatic heterocycles. The van der Waals surface area contributed by atoms with Gasteiger partial charge in [-0.1, -0.05) is 0 Å². The van der Waals surface area contributed by atoms with Gasteiger partial charge in [-0.25, -0.2) is 18.4 Å². The van der Waals surface area contributed by atoms with Gasteiger partial charge in [0.1, 0.15) is 17.2 Å². The standard InChI is InChI=1S/C12H12F2O4/c1-3-17-11(15)7-5-8(13)10(9(14)6-7)12(16)18-4-2/h5-6H,3-4H2,1-2H3. The summed E-state index contributed by atoms with van der Waals surface area (Å²) in [5, 5.41) is 0. The highest BCUT2D eigenvalue weighted by Gasteiger charge is 2.22. The van der Waals surface area contributed by atoms with E-state index >= 15 is 0 Å². The minimum absolute atomic E-state index is 0.00264. The molecule has 0 aliphatic heterocycles. The Balaban J connectivity index is 3.12. The minimum Gasteiger partial charge on any atom is -0.462 e. The van der Waals surface area contributed by atoms with E-state index < -0.39 is 29.1 Å². The van der Waals surface area contributed by atoms with Gasteiger partial charge in [0.05, 0.1) is 18.8 Å². The van der Waals surface area contributed by atoms with Crippen LogP contribution in [0.15, 0.2) is 12.1 Å². The van der Waals surface area contributed by atoms with E-state index in [4.69, 9.17) is 0 Å². The van der Waals surface area contributed by atoms with Crippen LogP contribution < -0.4 is 0 Å². The van der Waals surface area contributed by atoms with Crippen molar-refractivity contribution in [2.75, 3.05) is 13.2 Å². The number of carbonyl (C=O) groups excluding carboxylic acids is 2. The van der Waals surface area contributed by atoms with Crippen LogP contribution in [0.2, 0.25) is 0 Å². The van der Waals surface area contributed by atoms with E-state index in [1.807, 2.05) is 0 Å². The molecule has 0 amide bonds. The minimum atomic E-state index is -1.16. The molecule has 0 heterocycles. The molecule has 0 N–H and O–H groups in total. The van der Waals surface area contributed by atoms with E-state index in [-0.39, 0.29) is 18.8 Å². The number of halogens is 2. The van der Waals surface area contributed by atoms with Crippen molar-refractivity contribution in [1.82, 2.24) is 0 Å². The molecule has 1 aromatic rings. The van der Waals surface area contributed by atoms with E-state index in [1.54, 1.807) is 6.92 Å². The zero-order chi connectivity index (χ0) is 13.7. The SMILES string of the molecule is CCOC(=O)c1cc(F)c(C(=O)OCC)c(F)c1. The Bertz CT molecular complexity index is 448. The molecule has 0 aliphatic rings. The van der Waals surface area contributed by atoms with Crippen LogP contribution in [-0.4, -0.2) is 25.2 Å². The second-order valence-electron chi connectivity index (χ2n) is 3.26. The van der Waals surface area contributed by atoms with Gasteiger partial charge in [-0.15, -0.1) is 0 Å². The largest absolute Gasteiger partial charge is 0.462 e. The van der Waals surface area contributed by atoms with E-state index in [2.05, 4.69) is 9.47 Å². The van der Waals surface area contributed by atoms with Gasteiger partial charge in [0, 0.05) is 0 Å². The first-order valence-electron chi connectivity index (χ1n) is 5.34. The summed E-state index contributed by atoms with van der Waals surface area (Å²) in [4.78, 5) is 22.6. The van der Waals surface area contributed by atoms with Crippen molar-refractivity contribution < 1.29 is 27.8 Å². The maximum atomic E-state index is 13.5. The molecule has 6 heteroatoms. The Labute approximate surface area is 103 Å². The highest BCUT2D eigenvalue weighted by molar-refractivity contribution is 5.93. The molecule has 98 valence electrons. The predicted octanol–water partition coefficient (Wildman–Crippen LogP) is 2.32. The topological polar surface area (TPSA) is 52.6 Å². The number of hydrogen-bond acceptors (Lipinski definition) is 4. The second-order valence-corrected chi connectivity index (χ2v) is 3.26. The molecule has 0 saturated carbocycles. The number of hydrogen-bond donors (Lipinski definition) is 0. The third-order valence-corrected chi connectivity index (χ3v) is 2.03. The molecule has 0 bridgehead atoms. The summed E-state index contributed by atoms with van der Waals surface area (Å²) in [7, 11) is 0. The average Bonchev–Trinajstić information content (AvgIpc) is 2.28. The van der Waals surface area contributed by atoms with Crippen molar-refractivity contribution in [2.45, 2.75) is 13.8 Å². The summed E-state index contributed by atoms with van der Waals surface area (Å²) in [6.07, 6.45) is 0. The highest BCUT2D eigenvalue weighted by Crippen LogP contribution is 2.17. The van der Waals surface area contributed by atoms with Crippen LogP contribution in [0.5, 0.6) is 0 Å². The zero-order valence-electron chi connectivity index (χ0n) is 9.96. The van der Waals surface area contributed by atoms with Crippen molar-refractivity contribution in [1.29, 1.82) is 0 Å². The Morgan fingerprint density at radius 2 is 1.44 bits per heavy atom. The summed E-state index contributed by atoms with van der Waals surface area (Å²) in [5.41, 5.74) is -1.11. The maximum Gasteiger partial charge on any atom is 0.344 e. The van der Waals surface area contributed by atoms with Gasteiger partial charge in [-0.3, -0.25) is 0 Å². The van der Waals surface area contributed by atoms with Gasteiger partial charge < -0.3 is 9.47 Å². The maximum absolute atomic E-state index is 13.5. The molecular weight excluding hydrogens is 246 g/mol. The first kappa shape index (κ1) is 14.1. The summed E-state index contributed by atoms with van der Waals surface area (Å²) < 4.78 is 36.2. The van der Waals surface area contributed by atoms with Gasteiger partial charge in [0.2, 0.25) is 0 Å². The van der Waals surface area contributed by atoms with Crippen LogP contribution in [0.4, 0.5) is 8.78 Å². The van der Waals surface area contributed by atoms with Crippen molar-refractivity contribution in [3.8, 4) is 0 Å². The lowest BCUT2D eigenvalue weighted by Crippen LogP contribution is -2.13. The van der Waals surface area contributed by atoms with Crippen LogP contribution in [-0.2, 0) is 9.47 Å². The van der Waals surface area contributed by atoms with E-state index in [1.165, 1.54) is 6.92 Å². The molecular formula is C12H12F2O4. The van der Waals surface area contributed by atoms with Crippen LogP contribution >= 0.6 is 0 Å². The molecule has 0 saturated heterocycles. The summed E-state index contributed by atoms with van der Waals surface area (Å²) in [5.74, 6) is -4.28. The van der Waals surface area contributed by atoms with E-state index in [0.717, 1.165) is 12.1 Å². The van der Waals surface area contributed by atoms with Crippen molar-refractivity contribution in [3.63, 3.8) is 0 Å². The Morgan fingerprint density at radius 1 is 1.00 bits per heavy atom. The normalized spacial score (nSPS) is 10.0. The van der Waals surface area contributed by atoms with Crippen molar-refractivity contribution >= 4 is 11.9 Å². The quantitative estimate of drug-likeness (QED) is 0.778. The molecule has 4 nitrogen and oxygen atoms in total. The molecule has 1 aromatic carbocycles. The highest BCUT2D eigenvalue weighted by atomic mass is 19.1. The monoisotopic (exact) mass is 258 g/mol. The lowest BCUT2D eigenvalue weighted by atomic mass is 10.1. The Hall–Kier alpha value is -1.98. The molecule has 18 heavy (non-hydrogen) atoms. The molecule has 0 spiro atoms. The van der Waals surface area contributed by atoms with Crippen LogP contribution in [0.3, 0.4) is 0 Å². The fraction of sp³-hybridized carbons (Fsp3) is 0.333. The molecule has 1 rings (SSSR count). The molecule has 0 atom stereocenters. The third-order valence-electron chi connectivity index (χ3n) is 2.03. The average molecular weight is 258 g/mol. The predicted molar refractivity (Wildman–Crippen MR) is 58.3 cm³/mol. The molecule has 0 unspecified atom stereocenters. The summed E-state index contributed by atoms with van der Waals surface area (Å²) in [6, 6.07) is 1.49. The van der Waals surface area contributed by atoms with Crippen LogP contribution in [0.1, 0.15) is 34.6 Å². The van der Waals surface area contributed by atoms with E-state index in [9.17, 15) is 18.4 Å². The summed E-state index contributed by atoms with van der Waals surface area (Å²) >= 11 is 0.